The van der Waals surface area contributed by atoms with Gasteiger partial charge < -0.3 is 14.6 Å². The smallest absolute Gasteiger partial charge is 0.167 e. The fraction of sp³-hybridized carbons (Fsp3) is 1.00. The zero-order valence-corrected chi connectivity index (χ0v) is 7.29. The summed E-state index contributed by atoms with van der Waals surface area (Å²) in [5.74, 6) is -0.866. The lowest BCUT2D eigenvalue weighted by Gasteiger charge is -2.24. The van der Waals surface area contributed by atoms with Crippen molar-refractivity contribution in [3.05, 3.63) is 0 Å². The van der Waals surface area contributed by atoms with Crippen LogP contribution >= 0.6 is 0 Å². The third kappa shape index (κ3) is 1.79. The summed E-state index contributed by atoms with van der Waals surface area (Å²) < 4.78 is 10.7. The fourth-order valence-corrected chi connectivity index (χ4v) is 2.00. The van der Waals surface area contributed by atoms with Crippen LogP contribution in [-0.2, 0) is 9.47 Å². The molecule has 0 aromatic carbocycles. The Morgan fingerprint density at radius 3 is 2.83 bits per heavy atom. The number of rotatable bonds is 2. The Balaban J connectivity index is 1.83. The van der Waals surface area contributed by atoms with Gasteiger partial charge >= 0.3 is 0 Å². The minimum atomic E-state index is -0.866. The molecule has 2 heterocycles. The predicted molar refractivity (Wildman–Crippen MR) is 43.7 cm³/mol. The quantitative estimate of drug-likeness (QED) is 0.676. The van der Waals surface area contributed by atoms with E-state index in [1.165, 1.54) is 0 Å². The third-order valence-electron chi connectivity index (χ3n) is 2.65. The van der Waals surface area contributed by atoms with E-state index in [0.717, 1.165) is 32.3 Å². The molecule has 2 fully saturated rings. The van der Waals surface area contributed by atoms with Crippen molar-refractivity contribution in [2.45, 2.75) is 44.0 Å². The Bertz CT molecular complexity index is 146. The summed E-state index contributed by atoms with van der Waals surface area (Å²) in [6.45, 7) is 1.55. The second-order valence-electron chi connectivity index (χ2n) is 3.74. The normalized spacial score (nSPS) is 42.2. The van der Waals surface area contributed by atoms with Gasteiger partial charge in [0.15, 0.2) is 5.79 Å². The van der Waals surface area contributed by atoms with Crippen LogP contribution in [0.4, 0.5) is 0 Å². The van der Waals surface area contributed by atoms with Gasteiger partial charge in [-0.25, -0.2) is 0 Å². The first kappa shape index (κ1) is 8.48. The summed E-state index contributed by atoms with van der Waals surface area (Å²) in [6.07, 6.45) is 4.84. The molecule has 2 saturated heterocycles. The highest BCUT2D eigenvalue weighted by molar-refractivity contribution is 4.79. The highest BCUT2D eigenvalue weighted by Gasteiger charge is 2.36. The molecule has 0 amide bonds. The van der Waals surface area contributed by atoms with E-state index in [1.54, 1.807) is 0 Å². The highest BCUT2D eigenvalue weighted by atomic mass is 16.6. The largest absolute Gasteiger partial charge is 0.378 e. The fourth-order valence-electron chi connectivity index (χ4n) is 2.00. The molecule has 2 aliphatic rings. The van der Waals surface area contributed by atoms with Crippen LogP contribution in [0.3, 0.4) is 0 Å². The predicted octanol–water partition coefficient (Wildman–Crippen LogP) is 1.05. The molecule has 70 valence electrons. The average Bonchev–Trinajstić information content (AvgIpc) is 2.62. The van der Waals surface area contributed by atoms with Crippen molar-refractivity contribution in [1.82, 2.24) is 0 Å². The Morgan fingerprint density at radius 1 is 1.33 bits per heavy atom. The minimum absolute atomic E-state index is 0.230. The SMILES string of the molecule is OC1(CC2CCCO2)CCCO1. The first-order chi connectivity index (χ1) is 5.79. The maximum atomic E-state index is 9.85. The van der Waals surface area contributed by atoms with Gasteiger partial charge in [-0.3, -0.25) is 0 Å². The lowest BCUT2D eigenvalue weighted by atomic mass is 10.0. The van der Waals surface area contributed by atoms with Crippen LogP contribution in [0.2, 0.25) is 0 Å². The van der Waals surface area contributed by atoms with Crippen LogP contribution < -0.4 is 0 Å². The van der Waals surface area contributed by atoms with Gasteiger partial charge in [-0.1, -0.05) is 0 Å². The topological polar surface area (TPSA) is 38.7 Å². The van der Waals surface area contributed by atoms with Crippen molar-refractivity contribution in [2.75, 3.05) is 13.2 Å². The number of hydrogen-bond donors (Lipinski definition) is 1. The molecule has 12 heavy (non-hydrogen) atoms. The summed E-state index contributed by atoms with van der Waals surface area (Å²) in [6, 6.07) is 0. The van der Waals surface area contributed by atoms with Gasteiger partial charge in [0.25, 0.3) is 0 Å². The summed E-state index contributed by atoms with van der Waals surface area (Å²) in [4.78, 5) is 0. The standard InChI is InChI=1S/C9H16O3/c10-9(4-2-6-12-9)7-8-3-1-5-11-8/h8,10H,1-7H2. The lowest BCUT2D eigenvalue weighted by Crippen LogP contribution is -2.32. The molecule has 0 radical (unpaired) electrons. The molecule has 1 N–H and O–H groups in total. The van der Waals surface area contributed by atoms with Crippen LogP contribution in [0, 0.1) is 0 Å². The third-order valence-corrected chi connectivity index (χ3v) is 2.65. The van der Waals surface area contributed by atoms with Crippen molar-refractivity contribution >= 4 is 0 Å². The van der Waals surface area contributed by atoms with E-state index in [4.69, 9.17) is 9.47 Å². The lowest BCUT2D eigenvalue weighted by molar-refractivity contribution is -0.189. The summed E-state index contributed by atoms with van der Waals surface area (Å²) in [5.41, 5.74) is 0. The molecule has 0 bridgehead atoms. The van der Waals surface area contributed by atoms with Crippen molar-refractivity contribution in [3.8, 4) is 0 Å². The van der Waals surface area contributed by atoms with Gasteiger partial charge in [-0.2, -0.15) is 0 Å². The first-order valence-corrected chi connectivity index (χ1v) is 4.76. The monoisotopic (exact) mass is 172 g/mol. The molecule has 0 aromatic rings. The van der Waals surface area contributed by atoms with Crippen LogP contribution in [0.5, 0.6) is 0 Å². The molecular formula is C9H16O3. The minimum Gasteiger partial charge on any atom is -0.378 e. The van der Waals surface area contributed by atoms with Gasteiger partial charge in [0.2, 0.25) is 0 Å². The van der Waals surface area contributed by atoms with Crippen LogP contribution in [-0.4, -0.2) is 30.2 Å². The Hall–Kier alpha value is -0.120. The molecule has 3 heteroatoms. The molecule has 2 aliphatic heterocycles. The van der Waals surface area contributed by atoms with Crippen molar-refractivity contribution in [2.24, 2.45) is 0 Å². The summed E-state index contributed by atoms with van der Waals surface area (Å²) in [5, 5.41) is 9.85. The molecule has 0 saturated carbocycles. The second kappa shape index (κ2) is 3.32. The molecule has 0 aliphatic carbocycles. The van der Waals surface area contributed by atoms with Gasteiger partial charge in [-0.15, -0.1) is 0 Å². The van der Waals surface area contributed by atoms with E-state index in [2.05, 4.69) is 0 Å². The average molecular weight is 172 g/mol. The van der Waals surface area contributed by atoms with Crippen LogP contribution in [0.1, 0.15) is 32.1 Å². The van der Waals surface area contributed by atoms with Crippen molar-refractivity contribution < 1.29 is 14.6 Å². The van der Waals surface area contributed by atoms with Gasteiger partial charge in [0.1, 0.15) is 0 Å². The van der Waals surface area contributed by atoms with E-state index >= 15 is 0 Å². The molecule has 0 spiro atoms. The first-order valence-electron chi connectivity index (χ1n) is 4.76. The molecule has 3 nitrogen and oxygen atoms in total. The summed E-state index contributed by atoms with van der Waals surface area (Å²) >= 11 is 0. The van der Waals surface area contributed by atoms with Crippen LogP contribution in [0.25, 0.3) is 0 Å². The molecule has 0 aromatic heterocycles. The van der Waals surface area contributed by atoms with E-state index in [0.29, 0.717) is 13.0 Å². The zero-order valence-electron chi connectivity index (χ0n) is 7.29. The zero-order chi connectivity index (χ0) is 8.44. The molecule has 2 atom stereocenters. The Kier molecular flexibility index (Phi) is 2.35. The molecular weight excluding hydrogens is 156 g/mol. The van der Waals surface area contributed by atoms with E-state index < -0.39 is 5.79 Å². The Labute approximate surface area is 72.7 Å². The molecule has 2 rings (SSSR count). The van der Waals surface area contributed by atoms with Crippen molar-refractivity contribution in [1.29, 1.82) is 0 Å². The van der Waals surface area contributed by atoms with Gasteiger partial charge in [0.05, 0.1) is 12.7 Å². The number of hydrogen-bond acceptors (Lipinski definition) is 3. The van der Waals surface area contributed by atoms with Crippen molar-refractivity contribution in [3.63, 3.8) is 0 Å². The molecule has 2 unspecified atom stereocenters. The second-order valence-corrected chi connectivity index (χ2v) is 3.74. The maximum Gasteiger partial charge on any atom is 0.167 e. The highest BCUT2D eigenvalue weighted by Crippen LogP contribution is 2.31. The summed E-state index contributed by atoms with van der Waals surface area (Å²) in [7, 11) is 0. The van der Waals surface area contributed by atoms with E-state index in [-0.39, 0.29) is 6.10 Å². The number of ether oxygens (including phenoxy) is 2. The number of aliphatic hydroxyl groups is 1. The van der Waals surface area contributed by atoms with Gasteiger partial charge in [0, 0.05) is 19.4 Å². The van der Waals surface area contributed by atoms with Crippen LogP contribution in [0.15, 0.2) is 0 Å². The van der Waals surface area contributed by atoms with E-state index in [9.17, 15) is 5.11 Å². The van der Waals surface area contributed by atoms with Gasteiger partial charge in [-0.05, 0) is 19.3 Å². The maximum absolute atomic E-state index is 9.85. The van der Waals surface area contributed by atoms with E-state index in [1.807, 2.05) is 0 Å². The Morgan fingerprint density at radius 2 is 2.25 bits per heavy atom.